The minimum atomic E-state index is 0.202. The predicted octanol–water partition coefficient (Wildman–Crippen LogP) is 1.99. The molecule has 1 saturated carbocycles. The van der Waals surface area contributed by atoms with Crippen LogP contribution in [0.3, 0.4) is 0 Å². The van der Waals surface area contributed by atoms with Crippen LogP contribution in [0, 0.1) is 12.8 Å². The van der Waals surface area contributed by atoms with Crippen molar-refractivity contribution in [1.29, 1.82) is 0 Å². The summed E-state index contributed by atoms with van der Waals surface area (Å²) in [6, 6.07) is 2.19. The van der Waals surface area contributed by atoms with Gasteiger partial charge in [-0.2, -0.15) is 9.61 Å². The number of nitrogen functional groups attached to an aromatic ring is 1. The third-order valence-corrected chi connectivity index (χ3v) is 5.32. The van der Waals surface area contributed by atoms with E-state index in [9.17, 15) is 5.11 Å². The highest BCUT2D eigenvalue weighted by Crippen LogP contribution is 2.28. The Morgan fingerprint density at radius 3 is 2.79 bits per heavy atom. The molecule has 1 aliphatic carbocycles. The van der Waals surface area contributed by atoms with Crippen LogP contribution in [-0.2, 0) is 6.54 Å². The maximum atomic E-state index is 9.70. The van der Waals surface area contributed by atoms with Crippen molar-refractivity contribution in [3.63, 3.8) is 0 Å². The molecule has 0 unspecified atom stereocenters. The average molecular weight is 382 g/mol. The van der Waals surface area contributed by atoms with Gasteiger partial charge in [0.05, 0.1) is 6.20 Å². The lowest BCUT2D eigenvalue weighted by Crippen LogP contribution is -2.34. The van der Waals surface area contributed by atoms with Crippen LogP contribution in [0.15, 0.2) is 24.7 Å². The number of aliphatic hydroxyl groups is 1. The van der Waals surface area contributed by atoms with Gasteiger partial charge in [0, 0.05) is 54.7 Å². The Kier molecular flexibility index (Phi) is 5.25. The van der Waals surface area contributed by atoms with E-state index in [0.29, 0.717) is 6.54 Å². The number of rotatable bonds is 6. The Morgan fingerprint density at radius 2 is 2.00 bits per heavy atom. The highest BCUT2D eigenvalue weighted by atomic mass is 16.3. The second-order valence-electron chi connectivity index (χ2n) is 7.37. The van der Waals surface area contributed by atoms with E-state index >= 15 is 0 Å². The van der Waals surface area contributed by atoms with Gasteiger partial charge < -0.3 is 21.5 Å². The number of aromatic nitrogens is 5. The molecule has 0 amide bonds. The zero-order valence-electron chi connectivity index (χ0n) is 16.0. The van der Waals surface area contributed by atoms with Crippen molar-refractivity contribution in [2.45, 2.75) is 45.2 Å². The van der Waals surface area contributed by atoms with E-state index in [-0.39, 0.29) is 24.5 Å². The summed E-state index contributed by atoms with van der Waals surface area (Å²) in [5, 5.41) is 21.1. The van der Waals surface area contributed by atoms with Crippen LogP contribution in [0.4, 0.5) is 17.6 Å². The lowest BCUT2D eigenvalue weighted by atomic mass is 9.85. The maximum absolute atomic E-state index is 9.70. The van der Waals surface area contributed by atoms with Crippen molar-refractivity contribution >= 4 is 23.2 Å². The van der Waals surface area contributed by atoms with Gasteiger partial charge in [0.15, 0.2) is 5.65 Å². The lowest BCUT2D eigenvalue weighted by molar-refractivity contribution is 0.178. The molecule has 1 fully saturated rings. The topological polar surface area (TPSA) is 126 Å². The number of nitrogens with one attached hydrogen (secondary N) is 2. The van der Waals surface area contributed by atoms with Crippen LogP contribution < -0.4 is 16.4 Å². The average Bonchev–Trinajstić information content (AvgIpc) is 3.09. The summed E-state index contributed by atoms with van der Waals surface area (Å²) in [6.45, 7) is 2.74. The number of anilines is 3. The quantitative estimate of drug-likeness (QED) is 0.510. The number of hydrogen-bond donors (Lipinski definition) is 4. The van der Waals surface area contributed by atoms with Crippen molar-refractivity contribution < 1.29 is 5.11 Å². The van der Waals surface area contributed by atoms with E-state index in [1.54, 1.807) is 23.1 Å². The van der Waals surface area contributed by atoms with E-state index in [4.69, 9.17) is 10.7 Å². The van der Waals surface area contributed by atoms with Crippen LogP contribution in [0.1, 0.15) is 36.8 Å². The van der Waals surface area contributed by atoms with Crippen LogP contribution in [0.25, 0.3) is 5.65 Å². The molecule has 148 valence electrons. The zero-order valence-corrected chi connectivity index (χ0v) is 16.0. The minimum Gasteiger partial charge on any atom is -0.396 e. The first kappa shape index (κ1) is 18.4. The molecule has 9 heteroatoms. The van der Waals surface area contributed by atoms with Crippen LogP contribution >= 0.6 is 0 Å². The molecule has 28 heavy (non-hydrogen) atoms. The second kappa shape index (κ2) is 7.97. The maximum Gasteiger partial charge on any atom is 0.219 e. The molecule has 9 nitrogen and oxygen atoms in total. The van der Waals surface area contributed by atoms with Gasteiger partial charge in [-0.25, -0.2) is 15.0 Å². The largest absolute Gasteiger partial charge is 0.396 e. The number of aryl methyl sites for hydroxylation is 1. The van der Waals surface area contributed by atoms with E-state index in [0.717, 1.165) is 41.3 Å². The molecule has 3 aromatic heterocycles. The van der Waals surface area contributed by atoms with Gasteiger partial charge in [0.1, 0.15) is 11.6 Å². The minimum absolute atomic E-state index is 0.202. The van der Waals surface area contributed by atoms with Gasteiger partial charge in [0.25, 0.3) is 0 Å². The molecule has 0 spiro atoms. The standard InChI is InChI=1S/C19H26N8O/c1-12-7-24-27-17(21-8-13-9-22-19(20)23-10-13)6-16(26-18(12)27)25-15-5-3-2-4-14(15)11-28/h6-7,9-10,14-15,21,28H,2-5,8,11H2,1H3,(H,25,26)(H2,20,22,23)/t14-,15-/m0/s1. The third-order valence-electron chi connectivity index (χ3n) is 5.32. The van der Waals surface area contributed by atoms with E-state index in [1.807, 2.05) is 13.0 Å². The number of fused-ring (bicyclic) bond motifs is 1. The summed E-state index contributed by atoms with van der Waals surface area (Å²) in [5.41, 5.74) is 8.28. The summed E-state index contributed by atoms with van der Waals surface area (Å²) >= 11 is 0. The normalized spacial score (nSPS) is 19.6. The van der Waals surface area contributed by atoms with E-state index in [2.05, 4.69) is 25.7 Å². The van der Waals surface area contributed by atoms with Crippen molar-refractivity contribution in [2.24, 2.45) is 5.92 Å². The summed E-state index contributed by atoms with van der Waals surface area (Å²) < 4.78 is 1.79. The molecular formula is C19H26N8O. The molecule has 0 saturated heterocycles. The summed E-state index contributed by atoms with van der Waals surface area (Å²) in [7, 11) is 0. The van der Waals surface area contributed by atoms with Gasteiger partial charge in [-0.05, 0) is 19.8 Å². The smallest absolute Gasteiger partial charge is 0.219 e. The number of aliphatic hydroxyl groups excluding tert-OH is 1. The fraction of sp³-hybridized carbons (Fsp3) is 0.474. The van der Waals surface area contributed by atoms with Crippen molar-refractivity contribution in [3.8, 4) is 0 Å². The lowest BCUT2D eigenvalue weighted by Gasteiger charge is -2.31. The Balaban J connectivity index is 1.59. The summed E-state index contributed by atoms with van der Waals surface area (Å²) in [5.74, 6) is 2.14. The number of nitrogens with two attached hydrogens (primary N) is 1. The Hall–Kier alpha value is -2.94. The van der Waals surface area contributed by atoms with Crippen molar-refractivity contribution in [1.82, 2.24) is 24.6 Å². The highest BCUT2D eigenvalue weighted by molar-refractivity contribution is 5.60. The first-order valence-electron chi connectivity index (χ1n) is 9.67. The first-order chi connectivity index (χ1) is 13.6. The molecule has 3 heterocycles. The third kappa shape index (κ3) is 3.84. The molecule has 4 rings (SSSR count). The van der Waals surface area contributed by atoms with Crippen molar-refractivity contribution in [2.75, 3.05) is 23.0 Å². The molecule has 0 bridgehead atoms. The second-order valence-corrected chi connectivity index (χ2v) is 7.37. The number of hydrogen-bond acceptors (Lipinski definition) is 8. The molecular weight excluding hydrogens is 356 g/mol. The van der Waals surface area contributed by atoms with Gasteiger partial charge in [-0.15, -0.1) is 0 Å². The Bertz CT molecular complexity index is 939. The zero-order chi connectivity index (χ0) is 19.5. The monoisotopic (exact) mass is 382 g/mol. The van der Waals surface area contributed by atoms with Gasteiger partial charge >= 0.3 is 0 Å². The fourth-order valence-corrected chi connectivity index (χ4v) is 3.73. The molecule has 0 aliphatic heterocycles. The van der Waals surface area contributed by atoms with E-state index in [1.165, 1.54) is 12.8 Å². The van der Waals surface area contributed by atoms with Gasteiger partial charge in [-0.1, -0.05) is 12.8 Å². The SMILES string of the molecule is Cc1cnn2c(NCc3cnc(N)nc3)cc(N[C@H]3CCCC[C@H]3CO)nc12. The van der Waals surface area contributed by atoms with Crippen LogP contribution in [0.2, 0.25) is 0 Å². The molecule has 2 atom stereocenters. The molecule has 3 aromatic rings. The summed E-state index contributed by atoms with van der Waals surface area (Å²) in [6.07, 6.45) is 9.65. The Morgan fingerprint density at radius 1 is 1.21 bits per heavy atom. The van der Waals surface area contributed by atoms with Crippen LogP contribution in [0.5, 0.6) is 0 Å². The van der Waals surface area contributed by atoms with Gasteiger partial charge in [0.2, 0.25) is 5.95 Å². The highest BCUT2D eigenvalue weighted by Gasteiger charge is 2.25. The van der Waals surface area contributed by atoms with Crippen LogP contribution in [-0.4, -0.2) is 42.3 Å². The first-order valence-corrected chi connectivity index (χ1v) is 9.67. The Labute approximate surface area is 163 Å². The predicted molar refractivity (Wildman–Crippen MR) is 108 cm³/mol. The molecule has 1 aliphatic rings. The van der Waals surface area contributed by atoms with Gasteiger partial charge in [-0.3, -0.25) is 0 Å². The molecule has 0 aromatic carbocycles. The molecule has 0 radical (unpaired) electrons. The number of nitrogens with zero attached hydrogens (tertiary/aromatic N) is 5. The van der Waals surface area contributed by atoms with Crippen molar-refractivity contribution in [3.05, 3.63) is 35.8 Å². The summed E-state index contributed by atoms with van der Waals surface area (Å²) in [4.78, 5) is 12.8. The molecule has 5 N–H and O–H groups in total. The van der Waals surface area contributed by atoms with E-state index < -0.39 is 0 Å². The fourth-order valence-electron chi connectivity index (χ4n) is 3.73.